The fraction of sp³-hybridized carbons (Fsp3) is 0.478. The maximum Gasteiger partial charge on any atom is 0.115 e. The first-order chi connectivity index (χ1) is 12.7. The molecular weight excluding hydrogens is 322 g/mol. The highest BCUT2D eigenvalue weighted by molar-refractivity contribution is 5.28. The second-order valence-electron chi connectivity index (χ2n) is 7.66. The molecule has 3 rings (SSSR count). The summed E-state index contributed by atoms with van der Waals surface area (Å²) in [6.07, 6.45) is 5.85. The lowest BCUT2D eigenvalue weighted by molar-refractivity contribution is 0.168. The summed E-state index contributed by atoms with van der Waals surface area (Å²) in [5.41, 5.74) is 2.59. The number of benzene rings is 2. The summed E-state index contributed by atoms with van der Waals surface area (Å²) >= 11 is 0. The van der Waals surface area contributed by atoms with Crippen molar-refractivity contribution in [2.24, 2.45) is 0 Å². The van der Waals surface area contributed by atoms with E-state index < -0.39 is 0 Å². The Bertz CT molecular complexity index is 648. The number of hydrogen-bond donors (Lipinski definition) is 2. The molecule has 140 valence electrons. The van der Waals surface area contributed by atoms with E-state index in [0.717, 1.165) is 13.0 Å². The van der Waals surface area contributed by atoms with Crippen molar-refractivity contribution in [3.05, 3.63) is 65.7 Å². The van der Waals surface area contributed by atoms with E-state index in [4.69, 9.17) is 0 Å². The van der Waals surface area contributed by atoms with Gasteiger partial charge in [0.2, 0.25) is 0 Å². The van der Waals surface area contributed by atoms with Crippen LogP contribution in [0.3, 0.4) is 0 Å². The second kappa shape index (κ2) is 9.20. The summed E-state index contributed by atoms with van der Waals surface area (Å²) in [5, 5.41) is 19.2. The lowest BCUT2D eigenvalue weighted by Gasteiger charge is -2.35. The van der Waals surface area contributed by atoms with Crippen molar-refractivity contribution in [1.82, 2.24) is 4.90 Å². The number of nitrogens with zero attached hydrogens (tertiary/aromatic N) is 1. The number of phenolic OH excluding ortho intramolecular Hbond substituents is 1. The van der Waals surface area contributed by atoms with Crippen molar-refractivity contribution in [3.63, 3.8) is 0 Å². The molecule has 0 radical (unpaired) electrons. The fourth-order valence-electron chi connectivity index (χ4n) is 4.23. The van der Waals surface area contributed by atoms with Gasteiger partial charge in [0.15, 0.2) is 0 Å². The molecule has 2 aromatic carbocycles. The molecule has 1 aliphatic rings. The third kappa shape index (κ3) is 4.87. The van der Waals surface area contributed by atoms with E-state index in [0.29, 0.717) is 17.7 Å². The van der Waals surface area contributed by atoms with Gasteiger partial charge >= 0.3 is 0 Å². The minimum atomic E-state index is 0.214. The molecule has 3 heteroatoms. The standard InChI is InChI=1S/C23H31NO2/c1-24(16-15-21(17-25)18-5-3-2-4-6-18)22-11-7-19(8-12-22)20-9-13-23(26)14-10-20/h2-6,9-10,13-14,19,21-22,25-26H,7-8,11-12,15-17H2,1H3. The number of aliphatic hydroxyl groups excluding tert-OH is 1. The van der Waals surface area contributed by atoms with E-state index in [1.165, 1.54) is 36.8 Å². The van der Waals surface area contributed by atoms with Gasteiger partial charge in [-0.15, -0.1) is 0 Å². The van der Waals surface area contributed by atoms with Crippen LogP contribution in [-0.2, 0) is 0 Å². The Balaban J connectivity index is 1.47. The third-order valence-electron chi connectivity index (χ3n) is 6.01. The zero-order valence-corrected chi connectivity index (χ0v) is 15.7. The van der Waals surface area contributed by atoms with Crippen molar-refractivity contribution in [1.29, 1.82) is 0 Å². The van der Waals surface area contributed by atoms with Crippen LogP contribution in [0.25, 0.3) is 0 Å². The van der Waals surface area contributed by atoms with E-state index in [2.05, 4.69) is 36.2 Å². The Morgan fingerprint density at radius 3 is 2.23 bits per heavy atom. The molecule has 0 amide bonds. The van der Waals surface area contributed by atoms with Crippen LogP contribution in [0.15, 0.2) is 54.6 Å². The van der Waals surface area contributed by atoms with Crippen LogP contribution >= 0.6 is 0 Å². The van der Waals surface area contributed by atoms with Crippen molar-refractivity contribution in [3.8, 4) is 5.75 Å². The smallest absolute Gasteiger partial charge is 0.115 e. The first-order valence-corrected chi connectivity index (χ1v) is 9.82. The highest BCUT2D eigenvalue weighted by atomic mass is 16.3. The lowest BCUT2D eigenvalue weighted by atomic mass is 9.81. The molecule has 0 spiro atoms. The molecule has 26 heavy (non-hydrogen) atoms. The van der Waals surface area contributed by atoms with Gasteiger partial charge in [0, 0.05) is 18.6 Å². The summed E-state index contributed by atoms with van der Waals surface area (Å²) in [5.74, 6) is 1.20. The van der Waals surface area contributed by atoms with E-state index in [-0.39, 0.29) is 12.5 Å². The molecule has 1 atom stereocenters. The number of rotatable bonds is 7. The van der Waals surface area contributed by atoms with E-state index in [1.54, 1.807) is 12.1 Å². The summed E-state index contributed by atoms with van der Waals surface area (Å²) in [7, 11) is 2.23. The number of aromatic hydroxyl groups is 1. The number of phenols is 1. The Labute approximate surface area is 157 Å². The largest absolute Gasteiger partial charge is 0.508 e. The minimum Gasteiger partial charge on any atom is -0.508 e. The summed E-state index contributed by atoms with van der Waals surface area (Å²) < 4.78 is 0. The Kier molecular flexibility index (Phi) is 6.70. The van der Waals surface area contributed by atoms with Gasteiger partial charge in [0.05, 0.1) is 0 Å². The molecule has 3 nitrogen and oxygen atoms in total. The second-order valence-corrected chi connectivity index (χ2v) is 7.66. The van der Waals surface area contributed by atoms with E-state index in [9.17, 15) is 10.2 Å². The van der Waals surface area contributed by atoms with Gasteiger partial charge in [-0.05, 0) is 74.9 Å². The summed E-state index contributed by atoms with van der Waals surface area (Å²) in [6.45, 7) is 1.24. The molecule has 0 heterocycles. The Hall–Kier alpha value is -1.84. The highest BCUT2D eigenvalue weighted by Crippen LogP contribution is 2.35. The molecular formula is C23H31NO2. The van der Waals surface area contributed by atoms with E-state index >= 15 is 0 Å². The highest BCUT2D eigenvalue weighted by Gasteiger charge is 2.25. The van der Waals surface area contributed by atoms with Crippen LogP contribution in [0.1, 0.15) is 55.1 Å². The minimum absolute atomic E-state index is 0.214. The normalized spacial score (nSPS) is 21.7. The van der Waals surface area contributed by atoms with Crippen molar-refractivity contribution in [2.75, 3.05) is 20.2 Å². The van der Waals surface area contributed by atoms with Crippen molar-refractivity contribution in [2.45, 2.75) is 50.0 Å². The van der Waals surface area contributed by atoms with Gasteiger partial charge in [0.1, 0.15) is 5.75 Å². The van der Waals surface area contributed by atoms with Crippen LogP contribution in [-0.4, -0.2) is 41.4 Å². The van der Waals surface area contributed by atoms with Gasteiger partial charge in [-0.3, -0.25) is 0 Å². The topological polar surface area (TPSA) is 43.7 Å². The Morgan fingerprint density at radius 1 is 0.962 bits per heavy atom. The molecule has 0 saturated heterocycles. The van der Waals surface area contributed by atoms with Crippen molar-refractivity contribution < 1.29 is 10.2 Å². The number of hydrogen-bond acceptors (Lipinski definition) is 3. The maximum atomic E-state index is 9.75. The molecule has 1 unspecified atom stereocenters. The Morgan fingerprint density at radius 2 is 1.62 bits per heavy atom. The number of aliphatic hydroxyl groups is 1. The van der Waals surface area contributed by atoms with Crippen LogP contribution < -0.4 is 0 Å². The zero-order valence-electron chi connectivity index (χ0n) is 15.7. The van der Waals surface area contributed by atoms with Gasteiger partial charge in [-0.1, -0.05) is 42.5 Å². The van der Waals surface area contributed by atoms with Crippen LogP contribution in [0.4, 0.5) is 0 Å². The fourth-order valence-corrected chi connectivity index (χ4v) is 4.23. The molecule has 1 fully saturated rings. The third-order valence-corrected chi connectivity index (χ3v) is 6.01. The summed E-state index contributed by atoms with van der Waals surface area (Å²) in [4.78, 5) is 2.48. The van der Waals surface area contributed by atoms with Gasteiger partial charge in [-0.25, -0.2) is 0 Å². The predicted octanol–water partition coefficient (Wildman–Crippen LogP) is 4.52. The van der Waals surface area contributed by atoms with Gasteiger partial charge < -0.3 is 15.1 Å². The molecule has 1 aliphatic carbocycles. The predicted molar refractivity (Wildman–Crippen MR) is 107 cm³/mol. The van der Waals surface area contributed by atoms with Gasteiger partial charge in [-0.2, -0.15) is 0 Å². The van der Waals surface area contributed by atoms with Crippen LogP contribution in [0.2, 0.25) is 0 Å². The molecule has 0 aromatic heterocycles. The van der Waals surface area contributed by atoms with Gasteiger partial charge in [0.25, 0.3) is 0 Å². The average molecular weight is 354 g/mol. The molecule has 2 aromatic rings. The first-order valence-electron chi connectivity index (χ1n) is 9.82. The van der Waals surface area contributed by atoms with E-state index in [1.807, 2.05) is 18.2 Å². The molecule has 0 bridgehead atoms. The molecule has 0 aliphatic heterocycles. The van der Waals surface area contributed by atoms with Crippen LogP contribution in [0, 0.1) is 0 Å². The molecule has 1 saturated carbocycles. The monoisotopic (exact) mass is 353 g/mol. The maximum absolute atomic E-state index is 9.75. The quantitative estimate of drug-likeness (QED) is 0.769. The zero-order chi connectivity index (χ0) is 18.4. The first kappa shape index (κ1) is 18.9. The molecule has 2 N–H and O–H groups in total. The summed E-state index contributed by atoms with van der Waals surface area (Å²) in [6, 6.07) is 18.7. The lowest BCUT2D eigenvalue weighted by Crippen LogP contribution is -2.36. The average Bonchev–Trinajstić information content (AvgIpc) is 2.70. The van der Waals surface area contributed by atoms with Crippen LogP contribution in [0.5, 0.6) is 5.75 Å². The SMILES string of the molecule is CN(CCC(CO)c1ccccc1)C1CCC(c2ccc(O)cc2)CC1. The van der Waals surface area contributed by atoms with Crippen molar-refractivity contribution >= 4 is 0 Å².